The quantitative estimate of drug-likeness (QED) is 0.344. The molecule has 0 bridgehead atoms. The maximum atomic E-state index is 13.5. The number of ether oxygens (including phenoxy) is 1. The normalized spacial score (nSPS) is 15.9. The van der Waals surface area contributed by atoms with Crippen LogP contribution in [0, 0.1) is 0 Å². The Morgan fingerprint density at radius 2 is 1.56 bits per heavy atom. The van der Waals surface area contributed by atoms with Crippen LogP contribution in [0.2, 0.25) is 0 Å². The van der Waals surface area contributed by atoms with Crippen molar-refractivity contribution in [2.75, 3.05) is 32.7 Å². The molecule has 8 nitrogen and oxygen atoms in total. The average Bonchev–Trinajstić information content (AvgIpc) is 3.41. The van der Waals surface area contributed by atoms with E-state index in [0.29, 0.717) is 42.3 Å². The van der Waals surface area contributed by atoms with Crippen LogP contribution in [0.15, 0.2) is 90.1 Å². The summed E-state index contributed by atoms with van der Waals surface area (Å²) in [4.78, 5) is 36.1. The summed E-state index contributed by atoms with van der Waals surface area (Å²) >= 11 is 0. The first-order valence-electron chi connectivity index (χ1n) is 13.4. The van der Waals surface area contributed by atoms with Gasteiger partial charge in [-0.05, 0) is 55.1 Å². The van der Waals surface area contributed by atoms with E-state index >= 15 is 0 Å². The van der Waals surface area contributed by atoms with Crippen molar-refractivity contribution in [3.05, 3.63) is 96.1 Å². The lowest BCUT2D eigenvalue weighted by atomic mass is 10.1. The van der Waals surface area contributed by atoms with Gasteiger partial charge in [0.1, 0.15) is 24.1 Å². The minimum atomic E-state index is -0.659. The lowest BCUT2D eigenvalue weighted by Crippen LogP contribution is -2.47. The van der Waals surface area contributed by atoms with Crippen LogP contribution in [-0.2, 0) is 16.2 Å². The van der Waals surface area contributed by atoms with Crippen molar-refractivity contribution in [1.29, 1.82) is 0 Å². The number of carbonyl (C=O) groups excluding carboxylic acids is 2. The predicted octanol–water partition coefficient (Wildman–Crippen LogP) is 4.72. The molecular formula is C31H36N4O4. The van der Waals surface area contributed by atoms with Gasteiger partial charge in [-0.2, -0.15) is 0 Å². The molecule has 0 radical (unpaired) electrons. The largest absolute Gasteiger partial charge is 0.457 e. The van der Waals surface area contributed by atoms with E-state index in [4.69, 9.17) is 9.57 Å². The Kier molecular flexibility index (Phi) is 10.1. The Labute approximate surface area is 230 Å². The third kappa shape index (κ3) is 7.91. The highest BCUT2D eigenvalue weighted by Gasteiger charge is 2.38. The van der Waals surface area contributed by atoms with Gasteiger partial charge in [0.25, 0.3) is 5.91 Å². The fourth-order valence-electron chi connectivity index (χ4n) is 4.44. The number of likely N-dealkylation sites (tertiary alicyclic amines) is 1. The molecule has 0 saturated carbocycles. The molecule has 1 N–H and O–H groups in total. The maximum absolute atomic E-state index is 13.5. The van der Waals surface area contributed by atoms with E-state index in [2.05, 4.69) is 29.2 Å². The summed E-state index contributed by atoms with van der Waals surface area (Å²) in [7, 11) is 0. The van der Waals surface area contributed by atoms with Crippen LogP contribution in [0.5, 0.6) is 11.5 Å². The summed E-state index contributed by atoms with van der Waals surface area (Å²) in [6, 6.07) is 25.5. The summed E-state index contributed by atoms with van der Waals surface area (Å²) < 4.78 is 5.85. The van der Waals surface area contributed by atoms with Crippen molar-refractivity contribution >= 4 is 17.5 Å². The van der Waals surface area contributed by atoms with Crippen molar-refractivity contribution in [2.24, 2.45) is 5.16 Å². The van der Waals surface area contributed by atoms with Crippen LogP contribution < -0.4 is 10.1 Å². The monoisotopic (exact) mass is 528 g/mol. The highest BCUT2D eigenvalue weighted by molar-refractivity contribution is 6.05. The van der Waals surface area contributed by atoms with Gasteiger partial charge in [0, 0.05) is 25.1 Å². The van der Waals surface area contributed by atoms with Crippen molar-refractivity contribution < 1.29 is 19.2 Å². The molecule has 2 amide bonds. The van der Waals surface area contributed by atoms with Gasteiger partial charge >= 0.3 is 0 Å². The van der Waals surface area contributed by atoms with Crippen LogP contribution in [0.4, 0.5) is 0 Å². The average molecular weight is 529 g/mol. The smallest absolute Gasteiger partial charge is 0.254 e. The topological polar surface area (TPSA) is 83.5 Å². The van der Waals surface area contributed by atoms with E-state index in [1.54, 1.807) is 29.2 Å². The SMILES string of the molecule is CCN(CC)CCNC(=O)[C@@H]1CC(=NOCc2ccccc2)CN1C(=O)c1ccc(Oc2ccccc2)cc1. The van der Waals surface area contributed by atoms with Crippen molar-refractivity contribution in [2.45, 2.75) is 32.9 Å². The number of rotatable bonds is 12. The summed E-state index contributed by atoms with van der Waals surface area (Å²) in [6.45, 7) is 7.84. The molecule has 3 aromatic rings. The van der Waals surface area contributed by atoms with Crippen LogP contribution in [-0.4, -0.2) is 66.1 Å². The first-order chi connectivity index (χ1) is 19.1. The Balaban J connectivity index is 1.44. The molecule has 3 aromatic carbocycles. The Morgan fingerprint density at radius 3 is 2.23 bits per heavy atom. The van der Waals surface area contributed by atoms with Crippen LogP contribution in [0.3, 0.4) is 0 Å². The third-order valence-electron chi connectivity index (χ3n) is 6.69. The van der Waals surface area contributed by atoms with Gasteiger partial charge in [-0.25, -0.2) is 0 Å². The van der Waals surface area contributed by atoms with Crippen LogP contribution >= 0.6 is 0 Å². The fourth-order valence-corrected chi connectivity index (χ4v) is 4.44. The van der Waals surface area contributed by atoms with Gasteiger partial charge in [0.2, 0.25) is 5.91 Å². The Bertz CT molecular complexity index is 1230. The summed E-state index contributed by atoms with van der Waals surface area (Å²) in [5.74, 6) is 0.918. The number of para-hydroxylation sites is 1. The van der Waals surface area contributed by atoms with Gasteiger partial charge in [-0.3, -0.25) is 9.59 Å². The van der Waals surface area contributed by atoms with Crippen molar-refractivity contribution in [1.82, 2.24) is 15.1 Å². The molecule has 1 saturated heterocycles. The molecule has 1 fully saturated rings. The number of likely N-dealkylation sites (N-methyl/N-ethyl adjacent to an activating group) is 1. The molecular weight excluding hydrogens is 492 g/mol. The lowest BCUT2D eigenvalue weighted by molar-refractivity contribution is -0.124. The molecule has 0 spiro atoms. The van der Waals surface area contributed by atoms with E-state index in [1.165, 1.54) is 0 Å². The minimum absolute atomic E-state index is 0.187. The molecule has 1 atom stereocenters. The summed E-state index contributed by atoms with van der Waals surface area (Å²) in [5.41, 5.74) is 2.13. The van der Waals surface area contributed by atoms with E-state index in [9.17, 15) is 9.59 Å². The predicted molar refractivity (Wildman–Crippen MR) is 152 cm³/mol. The molecule has 39 heavy (non-hydrogen) atoms. The summed E-state index contributed by atoms with van der Waals surface area (Å²) in [6.07, 6.45) is 0.326. The van der Waals surface area contributed by atoms with E-state index in [1.807, 2.05) is 60.7 Å². The van der Waals surface area contributed by atoms with Crippen molar-refractivity contribution in [3.8, 4) is 11.5 Å². The first kappa shape index (κ1) is 27.9. The van der Waals surface area contributed by atoms with Crippen molar-refractivity contribution in [3.63, 3.8) is 0 Å². The van der Waals surface area contributed by atoms with Gasteiger partial charge in [-0.1, -0.05) is 67.5 Å². The Hall–Kier alpha value is -4.17. The second kappa shape index (κ2) is 14.1. The standard InChI is InChI=1S/C31H36N4O4/c1-3-34(4-2)20-19-32-30(36)29-21-26(33-38-23-24-11-7-5-8-12-24)22-35(29)31(37)25-15-17-28(18-16-25)39-27-13-9-6-10-14-27/h5-18,29H,3-4,19-23H2,1-2H3,(H,32,36)/t29-/m0/s1. The number of nitrogens with zero attached hydrogens (tertiary/aromatic N) is 3. The number of nitrogens with one attached hydrogen (secondary N) is 1. The maximum Gasteiger partial charge on any atom is 0.254 e. The minimum Gasteiger partial charge on any atom is -0.457 e. The molecule has 204 valence electrons. The number of amides is 2. The molecule has 0 aromatic heterocycles. The zero-order chi connectivity index (χ0) is 27.5. The van der Waals surface area contributed by atoms with Gasteiger partial charge in [0.15, 0.2) is 0 Å². The number of oxime groups is 1. The Morgan fingerprint density at radius 1 is 0.923 bits per heavy atom. The lowest BCUT2D eigenvalue weighted by Gasteiger charge is -2.24. The molecule has 1 aliphatic heterocycles. The van der Waals surface area contributed by atoms with E-state index < -0.39 is 6.04 Å². The third-order valence-corrected chi connectivity index (χ3v) is 6.69. The highest BCUT2D eigenvalue weighted by Crippen LogP contribution is 2.24. The number of hydrogen-bond donors (Lipinski definition) is 1. The van der Waals surface area contributed by atoms with Gasteiger partial charge in [-0.15, -0.1) is 0 Å². The molecule has 4 rings (SSSR count). The number of benzene rings is 3. The van der Waals surface area contributed by atoms with Gasteiger partial charge in [0.05, 0.1) is 12.3 Å². The number of hydrogen-bond acceptors (Lipinski definition) is 6. The molecule has 0 unspecified atom stereocenters. The molecule has 1 heterocycles. The number of carbonyl (C=O) groups is 2. The van der Waals surface area contributed by atoms with Gasteiger partial charge < -0.3 is 24.7 Å². The zero-order valence-corrected chi connectivity index (χ0v) is 22.6. The molecule has 0 aliphatic carbocycles. The van der Waals surface area contributed by atoms with E-state index in [-0.39, 0.29) is 18.4 Å². The zero-order valence-electron chi connectivity index (χ0n) is 22.6. The molecule has 1 aliphatic rings. The van der Waals surface area contributed by atoms with Crippen LogP contribution in [0.1, 0.15) is 36.2 Å². The highest BCUT2D eigenvalue weighted by atomic mass is 16.6. The molecule has 8 heteroatoms. The first-order valence-corrected chi connectivity index (χ1v) is 13.4. The fraction of sp³-hybridized carbons (Fsp3) is 0.323. The van der Waals surface area contributed by atoms with E-state index in [0.717, 1.165) is 25.2 Å². The summed E-state index contributed by atoms with van der Waals surface area (Å²) in [5, 5.41) is 7.30. The second-order valence-electron chi connectivity index (χ2n) is 9.33. The van der Waals surface area contributed by atoms with Crippen LogP contribution in [0.25, 0.3) is 0 Å². The second-order valence-corrected chi connectivity index (χ2v) is 9.33.